The summed E-state index contributed by atoms with van der Waals surface area (Å²) in [6.07, 6.45) is 0. The highest BCUT2D eigenvalue weighted by atomic mass is 35.5. The second-order valence-electron chi connectivity index (χ2n) is 4.09. The second kappa shape index (κ2) is 5.51. The molecule has 1 atom stereocenters. The van der Waals surface area contributed by atoms with Crippen molar-refractivity contribution < 1.29 is 9.90 Å². The van der Waals surface area contributed by atoms with Crippen LogP contribution in [0.4, 0.5) is 0 Å². The van der Waals surface area contributed by atoms with E-state index in [0.29, 0.717) is 11.6 Å². The summed E-state index contributed by atoms with van der Waals surface area (Å²) in [6, 6.07) is -0.549. The molecule has 1 unspecified atom stereocenters. The summed E-state index contributed by atoms with van der Waals surface area (Å²) < 4.78 is 1.81. The van der Waals surface area contributed by atoms with Crippen molar-refractivity contribution >= 4 is 17.6 Å². The summed E-state index contributed by atoms with van der Waals surface area (Å²) in [5, 5.41) is 13.9. The molecule has 0 radical (unpaired) electrons. The largest absolute Gasteiger partial charge is 0.480 e. The Hall–Kier alpha value is -1.07. The van der Waals surface area contributed by atoms with Crippen LogP contribution in [0.25, 0.3) is 0 Å². The molecule has 0 spiro atoms. The Labute approximate surface area is 106 Å². The van der Waals surface area contributed by atoms with E-state index in [0.717, 1.165) is 17.9 Å². The lowest BCUT2D eigenvalue weighted by Gasteiger charge is -2.21. The van der Waals surface area contributed by atoms with Gasteiger partial charge in [0.05, 0.1) is 16.4 Å². The number of carboxylic acids is 1. The maximum atomic E-state index is 10.9. The summed E-state index contributed by atoms with van der Waals surface area (Å²) in [4.78, 5) is 12.6. The smallest absolute Gasteiger partial charge is 0.320 e. The highest BCUT2D eigenvalue weighted by molar-refractivity contribution is 6.31. The third kappa shape index (κ3) is 2.98. The minimum absolute atomic E-state index is 0.473. The standard InChI is InChI=1S/C11H18ClN3O2/c1-5-15-9(10(12)7(2)13-15)6-14(4)8(3)11(16)17/h8H,5-6H2,1-4H3,(H,16,17). The number of aromatic nitrogens is 2. The molecule has 0 amide bonds. The predicted octanol–water partition coefficient (Wildman–Crippen LogP) is 1.77. The Morgan fingerprint density at radius 1 is 1.65 bits per heavy atom. The molecule has 0 saturated carbocycles. The van der Waals surface area contributed by atoms with Gasteiger partial charge in [0.1, 0.15) is 6.04 Å². The van der Waals surface area contributed by atoms with Gasteiger partial charge in [-0.2, -0.15) is 5.10 Å². The number of hydrogen-bond acceptors (Lipinski definition) is 3. The lowest BCUT2D eigenvalue weighted by Crippen LogP contribution is -2.35. The number of hydrogen-bond donors (Lipinski definition) is 1. The Kier molecular flexibility index (Phi) is 4.54. The van der Waals surface area contributed by atoms with E-state index in [9.17, 15) is 4.79 Å². The van der Waals surface area contributed by atoms with Crippen molar-refractivity contribution in [2.45, 2.75) is 39.9 Å². The van der Waals surface area contributed by atoms with Crippen LogP contribution in [0.15, 0.2) is 0 Å². The van der Waals surface area contributed by atoms with Gasteiger partial charge in [0, 0.05) is 13.1 Å². The number of aryl methyl sites for hydroxylation is 2. The zero-order valence-electron chi connectivity index (χ0n) is 10.6. The molecule has 1 heterocycles. The highest BCUT2D eigenvalue weighted by Gasteiger charge is 2.20. The number of aliphatic carboxylic acids is 1. The molecule has 0 fully saturated rings. The van der Waals surface area contributed by atoms with Gasteiger partial charge in [0.2, 0.25) is 0 Å². The molecule has 0 aliphatic rings. The maximum Gasteiger partial charge on any atom is 0.320 e. The fourth-order valence-corrected chi connectivity index (χ4v) is 1.78. The van der Waals surface area contributed by atoms with Crippen LogP contribution in [0.1, 0.15) is 25.2 Å². The minimum Gasteiger partial charge on any atom is -0.480 e. The van der Waals surface area contributed by atoms with Gasteiger partial charge in [-0.1, -0.05) is 11.6 Å². The number of halogens is 1. The van der Waals surface area contributed by atoms with Gasteiger partial charge in [0.15, 0.2) is 0 Å². The molecule has 0 aromatic carbocycles. The molecule has 6 heteroatoms. The summed E-state index contributed by atoms with van der Waals surface area (Å²) in [7, 11) is 1.76. The summed E-state index contributed by atoms with van der Waals surface area (Å²) in [6.45, 7) is 6.67. The SMILES string of the molecule is CCn1nc(C)c(Cl)c1CN(C)C(C)C(=O)O. The number of nitrogens with zero attached hydrogens (tertiary/aromatic N) is 3. The molecule has 5 nitrogen and oxygen atoms in total. The Morgan fingerprint density at radius 3 is 2.71 bits per heavy atom. The van der Waals surface area contributed by atoms with Crippen molar-refractivity contribution in [1.29, 1.82) is 0 Å². The molecular formula is C11H18ClN3O2. The zero-order chi connectivity index (χ0) is 13.2. The summed E-state index contributed by atoms with van der Waals surface area (Å²) in [5.74, 6) is -0.845. The quantitative estimate of drug-likeness (QED) is 0.876. The number of carbonyl (C=O) groups is 1. The van der Waals surface area contributed by atoms with E-state index in [2.05, 4.69) is 5.10 Å². The van der Waals surface area contributed by atoms with Gasteiger partial charge >= 0.3 is 5.97 Å². The van der Waals surface area contributed by atoms with E-state index < -0.39 is 12.0 Å². The molecule has 0 aliphatic heterocycles. The van der Waals surface area contributed by atoms with Crippen molar-refractivity contribution in [2.24, 2.45) is 0 Å². The van der Waals surface area contributed by atoms with Crippen LogP contribution in [0, 0.1) is 6.92 Å². The molecule has 96 valence electrons. The van der Waals surface area contributed by atoms with Crippen LogP contribution in [0.3, 0.4) is 0 Å². The van der Waals surface area contributed by atoms with Crippen LogP contribution in [-0.4, -0.2) is 38.8 Å². The topological polar surface area (TPSA) is 58.4 Å². The Morgan fingerprint density at radius 2 is 2.24 bits per heavy atom. The van der Waals surface area contributed by atoms with Gasteiger partial charge in [-0.3, -0.25) is 14.4 Å². The minimum atomic E-state index is -0.845. The van der Waals surface area contributed by atoms with Gasteiger partial charge < -0.3 is 5.11 Å². The van der Waals surface area contributed by atoms with E-state index in [1.54, 1.807) is 18.9 Å². The lowest BCUT2D eigenvalue weighted by atomic mass is 10.2. The molecular weight excluding hydrogens is 242 g/mol. The first-order chi connectivity index (χ1) is 7.88. The monoisotopic (exact) mass is 259 g/mol. The van der Waals surface area contributed by atoms with Crippen molar-refractivity contribution in [3.8, 4) is 0 Å². The van der Waals surface area contributed by atoms with Crippen molar-refractivity contribution in [3.63, 3.8) is 0 Å². The van der Waals surface area contributed by atoms with Gasteiger partial charge in [0.25, 0.3) is 0 Å². The molecule has 1 rings (SSSR count). The molecule has 0 bridgehead atoms. The van der Waals surface area contributed by atoms with Crippen LogP contribution < -0.4 is 0 Å². The number of carboxylic acid groups (broad SMARTS) is 1. The first-order valence-electron chi connectivity index (χ1n) is 5.53. The van der Waals surface area contributed by atoms with Crippen LogP contribution in [-0.2, 0) is 17.9 Å². The van der Waals surface area contributed by atoms with E-state index in [1.807, 2.05) is 18.5 Å². The van der Waals surface area contributed by atoms with Gasteiger partial charge in [-0.15, -0.1) is 0 Å². The lowest BCUT2D eigenvalue weighted by molar-refractivity contribution is -0.142. The average Bonchev–Trinajstić information content (AvgIpc) is 2.55. The first kappa shape index (κ1) is 14.0. The normalized spacial score (nSPS) is 13.1. The molecule has 1 N–H and O–H groups in total. The third-order valence-corrected chi connectivity index (χ3v) is 3.36. The van der Waals surface area contributed by atoms with Gasteiger partial charge in [-0.25, -0.2) is 0 Å². The Balaban J connectivity index is 2.91. The van der Waals surface area contributed by atoms with Crippen molar-refractivity contribution in [1.82, 2.24) is 14.7 Å². The molecule has 17 heavy (non-hydrogen) atoms. The summed E-state index contributed by atoms with van der Waals surface area (Å²) in [5.41, 5.74) is 1.64. The fraction of sp³-hybridized carbons (Fsp3) is 0.636. The molecule has 1 aromatic heterocycles. The molecule has 1 aromatic rings. The van der Waals surface area contributed by atoms with E-state index >= 15 is 0 Å². The third-order valence-electron chi connectivity index (χ3n) is 2.87. The first-order valence-corrected chi connectivity index (χ1v) is 5.91. The molecule has 0 aliphatic carbocycles. The number of rotatable bonds is 5. The summed E-state index contributed by atoms with van der Waals surface area (Å²) >= 11 is 6.16. The van der Waals surface area contributed by atoms with E-state index in [1.165, 1.54) is 0 Å². The number of likely N-dealkylation sites (N-methyl/N-ethyl adjacent to an activating group) is 1. The van der Waals surface area contributed by atoms with Crippen LogP contribution in [0.2, 0.25) is 5.02 Å². The van der Waals surface area contributed by atoms with Gasteiger partial charge in [-0.05, 0) is 27.8 Å². The van der Waals surface area contributed by atoms with Crippen LogP contribution in [0.5, 0.6) is 0 Å². The highest BCUT2D eigenvalue weighted by Crippen LogP contribution is 2.22. The maximum absolute atomic E-state index is 10.9. The Bertz CT molecular complexity index is 417. The molecule has 0 saturated heterocycles. The zero-order valence-corrected chi connectivity index (χ0v) is 11.3. The van der Waals surface area contributed by atoms with E-state index in [-0.39, 0.29) is 0 Å². The average molecular weight is 260 g/mol. The fourth-order valence-electron chi connectivity index (χ4n) is 1.58. The van der Waals surface area contributed by atoms with E-state index in [4.69, 9.17) is 16.7 Å². The van der Waals surface area contributed by atoms with Crippen molar-refractivity contribution in [2.75, 3.05) is 7.05 Å². The van der Waals surface area contributed by atoms with Crippen molar-refractivity contribution in [3.05, 3.63) is 16.4 Å². The van der Waals surface area contributed by atoms with Crippen LogP contribution >= 0.6 is 11.6 Å². The second-order valence-corrected chi connectivity index (χ2v) is 4.47. The predicted molar refractivity (Wildman–Crippen MR) is 66.2 cm³/mol.